The minimum absolute atomic E-state index is 0.231. The summed E-state index contributed by atoms with van der Waals surface area (Å²) in [6, 6.07) is 19.1. The molecule has 4 rings (SSSR count). The van der Waals surface area contributed by atoms with Gasteiger partial charge in [-0.3, -0.25) is 9.13 Å². The van der Waals surface area contributed by atoms with Crippen molar-refractivity contribution in [1.29, 1.82) is 0 Å². The van der Waals surface area contributed by atoms with E-state index < -0.39 is 11.7 Å². The number of alkyl carbamates (subject to hydrolysis) is 1. The molecule has 1 amide bonds. The number of carbonyl (C=O) groups excluding carboxylic acids is 1. The molecule has 0 saturated carbocycles. The largest absolute Gasteiger partial charge is 0.473 e. The summed E-state index contributed by atoms with van der Waals surface area (Å²) in [5.41, 5.74) is 3.01. The van der Waals surface area contributed by atoms with Crippen LogP contribution in [0.1, 0.15) is 32.0 Å². The minimum Gasteiger partial charge on any atom is -0.473 e. The quantitative estimate of drug-likeness (QED) is 0.333. The molecule has 0 aliphatic heterocycles. The summed E-state index contributed by atoms with van der Waals surface area (Å²) in [6.07, 6.45) is -0.524. The number of carbonyl (C=O) groups is 1. The monoisotopic (exact) mass is 552 g/mol. The highest BCUT2D eigenvalue weighted by atomic mass is 79.9. The van der Waals surface area contributed by atoms with Gasteiger partial charge in [-0.1, -0.05) is 36.4 Å². The van der Waals surface area contributed by atoms with E-state index in [9.17, 15) is 9.59 Å². The number of aromatic nitrogens is 3. The standard InChI is InChI=1S/C27H29BrN4O4/c1-18-21(13-14-23(30-18)35-17-19-9-6-5-7-10-19)32-22-12-8-11-20(28)24(22)31(26(32)34)16-15-29-25(33)36-27(2,3)4/h5-14H,15-17H2,1-4H3,(H,29,33). The molecule has 0 radical (unpaired) electrons. The van der Waals surface area contributed by atoms with E-state index in [1.165, 1.54) is 0 Å². The average Bonchev–Trinajstić information content (AvgIpc) is 3.10. The van der Waals surface area contributed by atoms with E-state index in [-0.39, 0.29) is 18.8 Å². The molecule has 4 aromatic rings. The van der Waals surface area contributed by atoms with Gasteiger partial charge in [-0.2, -0.15) is 0 Å². The Bertz CT molecular complexity index is 1440. The Morgan fingerprint density at radius 3 is 2.50 bits per heavy atom. The maximum absolute atomic E-state index is 13.6. The van der Waals surface area contributed by atoms with Gasteiger partial charge in [0.05, 0.1) is 22.4 Å². The normalized spacial score (nSPS) is 11.5. The first-order valence-electron chi connectivity index (χ1n) is 11.7. The lowest BCUT2D eigenvalue weighted by Crippen LogP contribution is -2.35. The second-order valence-corrected chi connectivity index (χ2v) is 10.2. The number of pyridine rings is 1. The summed E-state index contributed by atoms with van der Waals surface area (Å²) in [4.78, 5) is 30.2. The first kappa shape index (κ1) is 25.5. The van der Waals surface area contributed by atoms with E-state index in [1.54, 1.807) is 36.0 Å². The topological polar surface area (TPSA) is 87.4 Å². The van der Waals surface area contributed by atoms with Gasteiger partial charge in [0.2, 0.25) is 5.88 Å². The smallest absolute Gasteiger partial charge is 0.407 e. The third-order valence-corrected chi connectivity index (χ3v) is 6.04. The maximum atomic E-state index is 13.6. The van der Waals surface area contributed by atoms with Crippen molar-refractivity contribution in [2.45, 2.75) is 46.4 Å². The summed E-state index contributed by atoms with van der Waals surface area (Å²) < 4.78 is 15.2. The molecule has 1 N–H and O–H groups in total. The van der Waals surface area contributed by atoms with Gasteiger partial charge in [-0.25, -0.2) is 14.6 Å². The zero-order chi connectivity index (χ0) is 25.9. The van der Waals surface area contributed by atoms with Crippen LogP contribution >= 0.6 is 15.9 Å². The lowest BCUT2D eigenvalue weighted by molar-refractivity contribution is 0.0526. The van der Waals surface area contributed by atoms with E-state index in [4.69, 9.17) is 9.47 Å². The van der Waals surface area contributed by atoms with E-state index in [2.05, 4.69) is 26.2 Å². The molecule has 9 heteroatoms. The highest BCUT2D eigenvalue weighted by Gasteiger charge is 2.20. The number of para-hydroxylation sites is 1. The molecule has 0 aliphatic carbocycles. The van der Waals surface area contributed by atoms with Crippen LogP contribution in [0.5, 0.6) is 5.88 Å². The van der Waals surface area contributed by atoms with Crippen LogP contribution in [0.3, 0.4) is 0 Å². The van der Waals surface area contributed by atoms with Crippen molar-refractivity contribution in [2.24, 2.45) is 0 Å². The van der Waals surface area contributed by atoms with Crippen LogP contribution in [0.4, 0.5) is 4.79 Å². The van der Waals surface area contributed by atoms with Crippen molar-refractivity contribution in [3.05, 3.63) is 86.9 Å². The minimum atomic E-state index is -0.596. The van der Waals surface area contributed by atoms with Gasteiger partial charge in [-0.05, 0) is 67.4 Å². The van der Waals surface area contributed by atoms with Crippen LogP contribution in [0.15, 0.2) is 69.9 Å². The van der Waals surface area contributed by atoms with Crippen molar-refractivity contribution in [1.82, 2.24) is 19.4 Å². The Balaban J connectivity index is 1.61. The number of hydrogen-bond acceptors (Lipinski definition) is 5. The van der Waals surface area contributed by atoms with Gasteiger partial charge in [-0.15, -0.1) is 0 Å². The second kappa shape index (κ2) is 10.6. The van der Waals surface area contributed by atoms with Gasteiger partial charge in [0.1, 0.15) is 12.2 Å². The Kier molecular flexibility index (Phi) is 7.49. The van der Waals surface area contributed by atoms with Crippen molar-refractivity contribution in [2.75, 3.05) is 6.54 Å². The molecule has 0 bridgehead atoms. The molecule has 188 valence electrons. The molecule has 2 heterocycles. The number of fused-ring (bicyclic) bond motifs is 1. The molecule has 0 unspecified atom stereocenters. The van der Waals surface area contributed by atoms with E-state index >= 15 is 0 Å². The number of aryl methyl sites for hydroxylation is 1. The average molecular weight is 553 g/mol. The summed E-state index contributed by atoms with van der Waals surface area (Å²) in [6.45, 7) is 8.17. The predicted molar refractivity (Wildman–Crippen MR) is 143 cm³/mol. The molecular weight excluding hydrogens is 524 g/mol. The fourth-order valence-electron chi connectivity index (χ4n) is 3.87. The molecule has 0 saturated heterocycles. The van der Waals surface area contributed by atoms with Crippen LogP contribution in [0, 0.1) is 6.92 Å². The highest BCUT2D eigenvalue weighted by molar-refractivity contribution is 9.10. The van der Waals surface area contributed by atoms with E-state index in [1.807, 2.05) is 61.5 Å². The zero-order valence-electron chi connectivity index (χ0n) is 20.7. The second-order valence-electron chi connectivity index (χ2n) is 9.33. The Labute approximate surface area is 218 Å². The molecule has 8 nitrogen and oxygen atoms in total. The number of imidazole rings is 1. The molecule has 36 heavy (non-hydrogen) atoms. The molecule has 2 aromatic heterocycles. The summed E-state index contributed by atoms with van der Waals surface area (Å²) in [5, 5.41) is 2.72. The molecular formula is C27H29BrN4O4. The van der Waals surface area contributed by atoms with Crippen LogP contribution in [0.25, 0.3) is 16.7 Å². The number of nitrogens with zero attached hydrogens (tertiary/aromatic N) is 3. The first-order valence-corrected chi connectivity index (χ1v) is 12.4. The number of rotatable bonds is 7. The summed E-state index contributed by atoms with van der Waals surface area (Å²) >= 11 is 3.58. The number of halogens is 1. The summed E-state index contributed by atoms with van der Waals surface area (Å²) in [5.74, 6) is 0.486. The van der Waals surface area contributed by atoms with Crippen LogP contribution in [-0.2, 0) is 17.9 Å². The van der Waals surface area contributed by atoms with Gasteiger partial charge in [0.25, 0.3) is 0 Å². The van der Waals surface area contributed by atoms with Crippen molar-refractivity contribution >= 4 is 33.1 Å². The van der Waals surface area contributed by atoms with Crippen LogP contribution in [0.2, 0.25) is 0 Å². The SMILES string of the molecule is Cc1nc(OCc2ccccc2)ccc1-n1c(=O)n(CCNC(=O)OC(C)(C)C)c2c(Br)cccc21. The Morgan fingerprint density at radius 2 is 1.81 bits per heavy atom. The lowest BCUT2D eigenvalue weighted by Gasteiger charge is -2.19. The molecule has 2 aromatic carbocycles. The molecule has 0 aliphatic rings. The number of nitrogens with one attached hydrogen (secondary N) is 1. The number of hydrogen-bond donors (Lipinski definition) is 1. The van der Waals surface area contributed by atoms with E-state index in [0.717, 1.165) is 21.1 Å². The van der Waals surface area contributed by atoms with E-state index in [0.29, 0.717) is 23.9 Å². The van der Waals surface area contributed by atoms with Crippen LogP contribution in [-0.4, -0.2) is 32.4 Å². The van der Waals surface area contributed by atoms with Crippen molar-refractivity contribution < 1.29 is 14.3 Å². The fourth-order valence-corrected chi connectivity index (χ4v) is 4.44. The van der Waals surface area contributed by atoms with Gasteiger partial charge >= 0.3 is 11.8 Å². The third kappa shape index (κ3) is 5.79. The summed E-state index contributed by atoms with van der Waals surface area (Å²) in [7, 11) is 0. The predicted octanol–water partition coefficient (Wildman–Crippen LogP) is 5.36. The van der Waals surface area contributed by atoms with Gasteiger partial charge in [0.15, 0.2) is 0 Å². The Hall–Kier alpha value is -3.59. The highest BCUT2D eigenvalue weighted by Crippen LogP contribution is 2.27. The van der Waals surface area contributed by atoms with Gasteiger partial charge < -0.3 is 14.8 Å². The Morgan fingerprint density at radius 1 is 1.06 bits per heavy atom. The molecule has 0 spiro atoms. The fraction of sp³-hybridized carbons (Fsp3) is 0.296. The lowest BCUT2D eigenvalue weighted by atomic mass is 10.2. The number of ether oxygens (including phenoxy) is 2. The first-order chi connectivity index (χ1) is 17.1. The van der Waals surface area contributed by atoms with Crippen molar-refractivity contribution in [3.63, 3.8) is 0 Å². The van der Waals surface area contributed by atoms with Crippen LogP contribution < -0.4 is 15.7 Å². The molecule has 0 atom stereocenters. The maximum Gasteiger partial charge on any atom is 0.407 e. The van der Waals surface area contributed by atoms with Crippen molar-refractivity contribution in [3.8, 4) is 11.6 Å². The van der Waals surface area contributed by atoms with Gasteiger partial charge in [0, 0.05) is 23.6 Å². The number of amides is 1. The number of benzene rings is 2. The molecule has 0 fully saturated rings. The third-order valence-electron chi connectivity index (χ3n) is 5.40. The zero-order valence-corrected chi connectivity index (χ0v) is 22.3.